The number of carbonyl (C=O) groups excluding carboxylic acids is 2. The summed E-state index contributed by atoms with van der Waals surface area (Å²) < 4.78 is 5.32. The smallest absolute Gasteiger partial charge is 0.410 e. The molecule has 1 heterocycles. The largest absolute Gasteiger partial charge is 0.444 e. The molecule has 0 bridgehead atoms. The van der Waals surface area contributed by atoms with E-state index in [2.05, 4.69) is 0 Å². The number of ether oxygens (including phenoxy) is 1. The highest BCUT2D eigenvalue weighted by molar-refractivity contribution is 5.82. The van der Waals surface area contributed by atoms with Crippen LogP contribution in [0.5, 0.6) is 0 Å². The lowest BCUT2D eigenvalue weighted by Gasteiger charge is -2.24. The van der Waals surface area contributed by atoms with Gasteiger partial charge in [0.15, 0.2) is 0 Å². The fraction of sp³-hybridized carbons (Fsp3) is 0.833. The highest BCUT2D eigenvalue weighted by Crippen LogP contribution is 2.36. The molecule has 0 unspecified atom stereocenters. The number of carbonyl (C=O) groups is 2. The second-order valence-corrected chi connectivity index (χ2v) is 5.85. The first-order chi connectivity index (χ1) is 7.35. The van der Waals surface area contributed by atoms with Crippen LogP contribution in [0.25, 0.3) is 0 Å². The maximum atomic E-state index is 11.8. The summed E-state index contributed by atoms with van der Waals surface area (Å²) in [7, 11) is 0. The summed E-state index contributed by atoms with van der Waals surface area (Å²) in [5, 5.41) is 0. The molecule has 1 aliphatic carbocycles. The van der Waals surface area contributed by atoms with E-state index in [4.69, 9.17) is 4.74 Å². The Kier molecular flexibility index (Phi) is 2.68. The van der Waals surface area contributed by atoms with E-state index in [1.165, 1.54) is 0 Å². The monoisotopic (exact) mass is 225 g/mol. The third-order valence-corrected chi connectivity index (χ3v) is 3.21. The van der Waals surface area contributed by atoms with E-state index in [-0.39, 0.29) is 6.09 Å². The molecule has 0 radical (unpaired) electrons. The van der Waals surface area contributed by atoms with E-state index in [0.717, 1.165) is 0 Å². The lowest BCUT2D eigenvalue weighted by atomic mass is 10.0. The molecule has 2 rings (SSSR count). The number of Topliss-reactive ketones (excluding diaryl/α,β-unsaturated/α-hetero) is 1. The van der Waals surface area contributed by atoms with Crippen molar-refractivity contribution in [2.45, 2.75) is 39.2 Å². The molecule has 16 heavy (non-hydrogen) atoms. The fourth-order valence-electron chi connectivity index (χ4n) is 2.55. The summed E-state index contributed by atoms with van der Waals surface area (Å²) in [5.41, 5.74) is -0.440. The first kappa shape index (κ1) is 11.4. The van der Waals surface area contributed by atoms with Crippen molar-refractivity contribution in [2.24, 2.45) is 11.8 Å². The molecule has 0 aromatic rings. The number of fused-ring (bicyclic) bond motifs is 1. The fourth-order valence-corrected chi connectivity index (χ4v) is 2.55. The summed E-state index contributed by atoms with van der Waals surface area (Å²) in [6.45, 7) is 6.97. The van der Waals surface area contributed by atoms with Gasteiger partial charge >= 0.3 is 6.09 Å². The number of ketones is 1. The molecule has 0 spiro atoms. The van der Waals surface area contributed by atoms with Crippen LogP contribution in [0.15, 0.2) is 0 Å². The molecule has 90 valence electrons. The number of nitrogens with zero attached hydrogens (tertiary/aromatic N) is 1. The maximum Gasteiger partial charge on any atom is 0.410 e. The second-order valence-electron chi connectivity index (χ2n) is 5.85. The van der Waals surface area contributed by atoms with Crippen molar-refractivity contribution in [1.82, 2.24) is 4.90 Å². The SMILES string of the molecule is CC(C)(C)OC(=O)N1C[C@@H]2CC(=O)C[C@H]2C1. The van der Waals surface area contributed by atoms with Gasteiger partial charge in [0.25, 0.3) is 0 Å². The molecule has 2 fully saturated rings. The average molecular weight is 225 g/mol. The van der Waals surface area contributed by atoms with E-state index < -0.39 is 5.60 Å². The first-order valence-electron chi connectivity index (χ1n) is 5.85. The summed E-state index contributed by atoms with van der Waals surface area (Å²) >= 11 is 0. The van der Waals surface area contributed by atoms with Crippen LogP contribution in [0.3, 0.4) is 0 Å². The molecule has 1 saturated heterocycles. The van der Waals surface area contributed by atoms with Crippen molar-refractivity contribution in [3.05, 3.63) is 0 Å². The Morgan fingerprint density at radius 1 is 1.25 bits per heavy atom. The van der Waals surface area contributed by atoms with Crippen LogP contribution in [0, 0.1) is 11.8 Å². The molecule has 0 aromatic heterocycles. The van der Waals surface area contributed by atoms with Crippen LogP contribution in [-0.2, 0) is 9.53 Å². The number of rotatable bonds is 0. The van der Waals surface area contributed by atoms with Crippen LogP contribution >= 0.6 is 0 Å². The highest BCUT2D eigenvalue weighted by atomic mass is 16.6. The molecule has 4 heteroatoms. The van der Waals surface area contributed by atoms with Crippen molar-refractivity contribution < 1.29 is 14.3 Å². The van der Waals surface area contributed by atoms with Gasteiger partial charge in [0.1, 0.15) is 11.4 Å². The predicted octanol–water partition coefficient (Wildman–Crippen LogP) is 1.83. The van der Waals surface area contributed by atoms with Crippen molar-refractivity contribution in [3.63, 3.8) is 0 Å². The molecule has 2 aliphatic rings. The Hall–Kier alpha value is -1.06. The number of hydrogen-bond donors (Lipinski definition) is 0. The van der Waals surface area contributed by atoms with Gasteiger partial charge in [-0.2, -0.15) is 0 Å². The van der Waals surface area contributed by atoms with E-state index in [1.807, 2.05) is 20.8 Å². The van der Waals surface area contributed by atoms with Crippen LogP contribution in [0.1, 0.15) is 33.6 Å². The Balaban J connectivity index is 1.90. The third-order valence-electron chi connectivity index (χ3n) is 3.21. The minimum atomic E-state index is -0.440. The zero-order chi connectivity index (χ0) is 11.9. The van der Waals surface area contributed by atoms with Gasteiger partial charge in [0, 0.05) is 25.9 Å². The Labute approximate surface area is 95.9 Å². The Morgan fingerprint density at radius 2 is 1.75 bits per heavy atom. The minimum Gasteiger partial charge on any atom is -0.444 e. The first-order valence-corrected chi connectivity index (χ1v) is 5.85. The zero-order valence-electron chi connectivity index (χ0n) is 10.2. The van der Waals surface area contributed by atoms with E-state index >= 15 is 0 Å². The lowest BCUT2D eigenvalue weighted by molar-refractivity contribution is -0.118. The quantitative estimate of drug-likeness (QED) is 0.632. The second kappa shape index (κ2) is 3.75. The summed E-state index contributed by atoms with van der Waals surface area (Å²) in [6, 6.07) is 0. The van der Waals surface area contributed by atoms with Gasteiger partial charge in [-0.1, -0.05) is 0 Å². The Bertz CT molecular complexity index is 303. The normalized spacial score (nSPS) is 29.4. The van der Waals surface area contributed by atoms with Gasteiger partial charge in [-0.25, -0.2) is 4.79 Å². The third kappa shape index (κ3) is 2.36. The van der Waals surface area contributed by atoms with Crippen molar-refractivity contribution in [1.29, 1.82) is 0 Å². The van der Waals surface area contributed by atoms with Gasteiger partial charge in [0.2, 0.25) is 0 Å². The molecule has 4 nitrogen and oxygen atoms in total. The van der Waals surface area contributed by atoms with Gasteiger partial charge in [-0.15, -0.1) is 0 Å². The average Bonchev–Trinajstić information content (AvgIpc) is 2.56. The van der Waals surface area contributed by atoms with Crippen LogP contribution in [0.2, 0.25) is 0 Å². The molecular formula is C12H19NO3. The minimum absolute atomic E-state index is 0.241. The molecule has 2 atom stereocenters. The molecular weight excluding hydrogens is 206 g/mol. The number of likely N-dealkylation sites (tertiary alicyclic amines) is 1. The van der Waals surface area contributed by atoms with Crippen molar-refractivity contribution in [2.75, 3.05) is 13.1 Å². The van der Waals surface area contributed by atoms with Gasteiger partial charge < -0.3 is 9.64 Å². The highest BCUT2D eigenvalue weighted by Gasteiger charge is 2.42. The predicted molar refractivity (Wildman–Crippen MR) is 59.0 cm³/mol. The van der Waals surface area contributed by atoms with Crippen LogP contribution < -0.4 is 0 Å². The summed E-state index contributed by atoms with van der Waals surface area (Å²) in [4.78, 5) is 24.8. The molecule has 1 amide bonds. The number of hydrogen-bond acceptors (Lipinski definition) is 3. The molecule has 0 N–H and O–H groups in total. The van der Waals surface area contributed by atoms with Crippen molar-refractivity contribution in [3.8, 4) is 0 Å². The molecule has 1 aliphatic heterocycles. The van der Waals surface area contributed by atoms with Gasteiger partial charge in [-0.05, 0) is 32.6 Å². The van der Waals surface area contributed by atoms with Gasteiger partial charge in [-0.3, -0.25) is 4.79 Å². The van der Waals surface area contributed by atoms with Crippen LogP contribution in [-0.4, -0.2) is 35.5 Å². The van der Waals surface area contributed by atoms with E-state index in [1.54, 1.807) is 4.90 Å². The lowest BCUT2D eigenvalue weighted by Crippen LogP contribution is -2.36. The standard InChI is InChI=1S/C12H19NO3/c1-12(2,3)16-11(15)13-6-8-4-10(14)5-9(8)7-13/h8-9H,4-7H2,1-3H3/t8-,9-/m0/s1. The van der Waals surface area contributed by atoms with E-state index in [9.17, 15) is 9.59 Å². The summed E-state index contributed by atoms with van der Waals surface area (Å²) in [6.07, 6.45) is 1.04. The molecule has 0 aromatic carbocycles. The topological polar surface area (TPSA) is 46.6 Å². The van der Waals surface area contributed by atoms with E-state index in [0.29, 0.717) is 43.6 Å². The Morgan fingerprint density at radius 3 is 2.19 bits per heavy atom. The number of amides is 1. The molecule has 1 saturated carbocycles. The summed E-state index contributed by atoms with van der Waals surface area (Å²) in [5.74, 6) is 1.10. The van der Waals surface area contributed by atoms with Crippen LogP contribution in [0.4, 0.5) is 4.79 Å². The maximum absolute atomic E-state index is 11.8. The zero-order valence-corrected chi connectivity index (χ0v) is 10.2. The van der Waals surface area contributed by atoms with Gasteiger partial charge in [0.05, 0.1) is 0 Å². The van der Waals surface area contributed by atoms with Crippen molar-refractivity contribution >= 4 is 11.9 Å².